The quantitative estimate of drug-likeness (QED) is 0.754. The van der Waals surface area contributed by atoms with Crippen molar-refractivity contribution in [2.45, 2.75) is 0 Å². The Bertz CT molecular complexity index is 638. The summed E-state index contributed by atoms with van der Waals surface area (Å²) in [6.07, 6.45) is 13.2. The van der Waals surface area contributed by atoms with Crippen LogP contribution in [0.25, 0.3) is 0 Å². The predicted octanol–water partition coefficient (Wildman–Crippen LogP) is 0.861. The van der Waals surface area contributed by atoms with E-state index in [0.717, 1.165) is 20.0 Å². The maximum atomic E-state index is 2.47. The third-order valence-electron chi connectivity index (χ3n) is 5.33. The molecule has 3 heterocycles. The summed E-state index contributed by atoms with van der Waals surface area (Å²) in [7, 11) is 6.38. The molecule has 6 nitrogen and oxygen atoms in total. The van der Waals surface area contributed by atoms with Gasteiger partial charge in [0.15, 0.2) is 0 Å². The number of rotatable bonds is 4. The van der Waals surface area contributed by atoms with Crippen LogP contribution in [0, 0.1) is 0 Å². The molecule has 0 unspecified atom stereocenters. The molecule has 1 aromatic carbocycles. The maximum Gasteiger partial charge on any atom is 0.313 e. The van der Waals surface area contributed by atoms with Gasteiger partial charge < -0.3 is 29.1 Å². The van der Waals surface area contributed by atoms with E-state index in [0.29, 0.717) is 0 Å². The highest BCUT2D eigenvalue weighted by Gasteiger charge is 2.45. The third-order valence-corrected chi connectivity index (χ3v) is 5.33. The van der Waals surface area contributed by atoms with E-state index in [9.17, 15) is 0 Å². The van der Waals surface area contributed by atoms with Gasteiger partial charge in [-0.3, -0.25) is 0 Å². The van der Waals surface area contributed by atoms with Gasteiger partial charge in [0.1, 0.15) is 0 Å². The predicted molar refractivity (Wildman–Crippen MR) is 103 cm³/mol. The minimum absolute atomic E-state index is 0.872. The van der Waals surface area contributed by atoms with Crippen LogP contribution in [0.4, 0.5) is 0 Å². The molecule has 0 bridgehead atoms. The summed E-state index contributed by atoms with van der Waals surface area (Å²) in [5, 5.41) is 0. The van der Waals surface area contributed by atoms with Gasteiger partial charge in [-0.2, -0.15) is 0 Å². The van der Waals surface area contributed by atoms with E-state index < -0.39 is 6.55 Å². The molecule has 7 heteroatoms. The first-order chi connectivity index (χ1) is 12.1. The van der Waals surface area contributed by atoms with Gasteiger partial charge in [-0.05, 0) is 18.6 Å². The number of benzene rings is 1. The van der Waals surface area contributed by atoms with Crippen molar-refractivity contribution in [3.05, 3.63) is 67.5 Å². The first-order valence-corrected chi connectivity index (χ1v) is 8.76. The van der Waals surface area contributed by atoms with E-state index in [-0.39, 0.29) is 0 Å². The van der Waals surface area contributed by atoms with Crippen molar-refractivity contribution in [2.75, 3.05) is 41.1 Å². The van der Waals surface area contributed by atoms with Crippen LogP contribution >= 0.6 is 0 Å². The lowest BCUT2D eigenvalue weighted by Gasteiger charge is -2.61. The summed E-state index contributed by atoms with van der Waals surface area (Å²) in [5.74, 6) is 0. The van der Waals surface area contributed by atoms with E-state index in [2.05, 4.69) is 118 Å². The molecule has 3 aliphatic heterocycles. The molecule has 0 fully saturated rings. The first kappa shape index (κ1) is 15.8. The van der Waals surface area contributed by atoms with Crippen molar-refractivity contribution < 1.29 is 0 Å². The van der Waals surface area contributed by atoms with Gasteiger partial charge in [-0.1, -0.05) is 30.3 Å². The molecule has 0 saturated heterocycles. The molecule has 0 amide bonds. The number of hydrogen-bond acceptors (Lipinski definition) is 6. The Labute approximate surface area is 150 Å². The van der Waals surface area contributed by atoms with Crippen molar-refractivity contribution >= 4 is 12.0 Å². The highest BCUT2D eigenvalue weighted by Crippen LogP contribution is 2.29. The van der Waals surface area contributed by atoms with E-state index in [1.165, 1.54) is 5.46 Å². The van der Waals surface area contributed by atoms with Crippen molar-refractivity contribution in [1.82, 2.24) is 29.1 Å². The third kappa shape index (κ3) is 2.50. The number of nitrogens with zero attached hydrogens (tertiary/aromatic N) is 6. The van der Waals surface area contributed by atoms with Crippen molar-refractivity contribution in [3.8, 4) is 0 Å². The molecule has 0 atom stereocenters. The zero-order valence-corrected chi connectivity index (χ0v) is 15.2. The smallest absolute Gasteiger partial charge is 0.313 e. The van der Waals surface area contributed by atoms with Gasteiger partial charge in [-0.25, -0.2) is 0 Å². The zero-order chi connectivity index (χ0) is 17.4. The minimum Gasteiger partial charge on any atom is -0.494 e. The van der Waals surface area contributed by atoms with Crippen LogP contribution in [0.5, 0.6) is 0 Å². The molecule has 132 valence electrons. The Morgan fingerprint density at radius 3 is 1.32 bits per heavy atom. The zero-order valence-electron chi connectivity index (χ0n) is 15.2. The molecule has 25 heavy (non-hydrogen) atoms. The van der Waals surface area contributed by atoms with Crippen molar-refractivity contribution in [3.63, 3.8) is 0 Å². The molecule has 1 aromatic rings. The highest BCUT2D eigenvalue weighted by molar-refractivity contribution is 6.85. The molecule has 0 spiro atoms. The molecular weight excluding hydrogens is 311 g/mol. The van der Waals surface area contributed by atoms with Crippen LogP contribution in [0.1, 0.15) is 0 Å². The van der Waals surface area contributed by atoms with Gasteiger partial charge in [0.05, 0.1) is 20.0 Å². The van der Waals surface area contributed by atoms with Crippen LogP contribution in [-0.4, -0.2) is 76.8 Å². The molecule has 4 rings (SSSR count). The summed E-state index contributed by atoms with van der Waals surface area (Å²) >= 11 is 0. The van der Waals surface area contributed by atoms with Gasteiger partial charge in [-0.15, -0.1) is 5.46 Å². The van der Waals surface area contributed by atoms with E-state index in [1.54, 1.807) is 0 Å². The Hall–Kier alpha value is -2.70. The highest BCUT2D eigenvalue weighted by atomic mass is 15.5. The minimum atomic E-state index is -1.30. The molecule has 0 radical (unpaired) electrons. The Morgan fingerprint density at radius 1 is 0.600 bits per heavy atom. The SMILES string of the molecule is CN1C=CN([B-](c2ccccc2)(N2C=CN(C)C2)N2C=CN(C)C2)C1. The molecular formula is C18H26BN6-. The van der Waals surface area contributed by atoms with Crippen LogP contribution in [-0.2, 0) is 0 Å². The normalized spacial score (nSPS) is 20.0. The fourth-order valence-electron chi connectivity index (χ4n) is 4.21. The van der Waals surface area contributed by atoms with E-state index in [4.69, 9.17) is 0 Å². The monoisotopic (exact) mass is 337 g/mol. The van der Waals surface area contributed by atoms with Gasteiger partial charge >= 0.3 is 6.55 Å². The largest absolute Gasteiger partial charge is 0.494 e. The second-order valence-electron chi connectivity index (χ2n) is 7.28. The van der Waals surface area contributed by atoms with Gasteiger partial charge in [0, 0.05) is 39.7 Å². The van der Waals surface area contributed by atoms with Crippen LogP contribution in [0.2, 0.25) is 0 Å². The molecule has 0 saturated carbocycles. The fourth-order valence-corrected chi connectivity index (χ4v) is 4.21. The van der Waals surface area contributed by atoms with Crippen molar-refractivity contribution in [1.29, 1.82) is 0 Å². The first-order valence-electron chi connectivity index (χ1n) is 8.76. The fraction of sp³-hybridized carbons (Fsp3) is 0.333. The molecule has 0 N–H and O–H groups in total. The summed E-state index contributed by atoms with van der Waals surface area (Å²) in [6, 6.07) is 10.9. The topological polar surface area (TPSA) is 19.4 Å². The van der Waals surface area contributed by atoms with E-state index >= 15 is 0 Å². The second kappa shape index (κ2) is 5.99. The second-order valence-corrected chi connectivity index (χ2v) is 7.28. The molecule has 0 aromatic heterocycles. The summed E-state index contributed by atoms with van der Waals surface area (Å²) in [6.45, 7) is 1.32. The Balaban J connectivity index is 1.86. The lowest BCUT2D eigenvalue weighted by Crippen LogP contribution is -2.78. The lowest BCUT2D eigenvalue weighted by atomic mass is 9.48. The maximum absolute atomic E-state index is 2.47. The standard InChI is InChI=1S/C18H26BN6/c1-20-9-12-23(15-20)19(18-7-5-4-6-8-18,24-13-10-21(2)16-24)25-14-11-22(3)17-25/h4-14H,15-17H2,1-3H3/q-1. The lowest BCUT2D eigenvalue weighted by molar-refractivity contribution is 0.276. The molecule has 3 aliphatic rings. The van der Waals surface area contributed by atoms with Crippen LogP contribution in [0.3, 0.4) is 0 Å². The van der Waals surface area contributed by atoms with Crippen LogP contribution < -0.4 is 5.46 Å². The summed E-state index contributed by atoms with van der Waals surface area (Å²) < 4.78 is 0. The number of hydrogen-bond donors (Lipinski definition) is 0. The molecule has 0 aliphatic carbocycles. The van der Waals surface area contributed by atoms with Crippen molar-refractivity contribution in [2.24, 2.45) is 0 Å². The Kier molecular flexibility index (Phi) is 3.79. The van der Waals surface area contributed by atoms with E-state index in [1.807, 2.05) is 0 Å². The van der Waals surface area contributed by atoms with Gasteiger partial charge in [0.2, 0.25) is 0 Å². The average molecular weight is 337 g/mol. The summed E-state index contributed by atoms with van der Waals surface area (Å²) in [4.78, 5) is 14.1. The average Bonchev–Trinajstić information content (AvgIpc) is 3.33. The van der Waals surface area contributed by atoms with Gasteiger partial charge in [0.25, 0.3) is 0 Å². The Morgan fingerprint density at radius 2 is 1.00 bits per heavy atom. The van der Waals surface area contributed by atoms with Crippen LogP contribution in [0.15, 0.2) is 67.5 Å². The summed E-state index contributed by atoms with van der Waals surface area (Å²) in [5.41, 5.74) is 1.32.